The number of benzene rings is 5. The third-order valence-electron chi connectivity index (χ3n) is 7.28. The van der Waals surface area contributed by atoms with E-state index in [1.165, 1.54) is 20.2 Å². The van der Waals surface area contributed by atoms with E-state index in [9.17, 15) is 5.26 Å². The summed E-state index contributed by atoms with van der Waals surface area (Å²) in [5.41, 5.74) is 4.30. The number of fused-ring (bicyclic) bond motifs is 6. The number of para-hydroxylation sites is 1. The van der Waals surface area contributed by atoms with Crippen molar-refractivity contribution in [3.05, 3.63) is 121 Å². The predicted molar refractivity (Wildman–Crippen MR) is 163 cm³/mol. The van der Waals surface area contributed by atoms with Crippen molar-refractivity contribution >= 4 is 53.3 Å². The second-order valence-corrected chi connectivity index (χ2v) is 10.7. The van der Waals surface area contributed by atoms with Gasteiger partial charge in [0.2, 0.25) is 5.95 Å². The van der Waals surface area contributed by atoms with Crippen LogP contribution in [-0.2, 0) is 0 Å². The van der Waals surface area contributed by atoms with Gasteiger partial charge in [0, 0.05) is 42.1 Å². The third kappa shape index (κ3) is 3.49. The summed E-state index contributed by atoms with van der Waals surface area (Å²) in [5, 5.41) is 14.3. The lowest BCUT2D eigenvalue weighted by molar-refractivity contribution is 0.954. The summed E-state index contributed by atoms with van der Waals surface area (Å²) < 4.78 is 4.67. The molecule has 0 unspecified atom stereocenters. The van der Waals surface area contributed by atoms with E-state index in [-0.39, 0.29) is 0 Å². The zero-order valence-electron chi connectivity index (χ0n) is 21.1. The maximum absolute atomic E-state index is 9.52. The predicted octanol–water partition coefficient (Wildman–Crippen LogP) is 8.54. The van der Waals surface area contributed by atoms with E-state index in [1.807, 2.05) is 65.9 Å². The molecule has 0 saturated heterocycles. The van der Waals surface area contributed by atoms with Crippen LogP contribution in [0.15, 0.2) is 115 Å². The van der Waals surface area contributed by atoms with Crippen molar-refractivity contribution in [3.63, 3.8) is 0 Å². The molecule has 0 aliphatic heterocycles. The Kier molecular flexibility index (Phi) is 4.99. The Bertz CT molecular complexity index is 2290. The summed E-state index contributed by atoms with van der Waals surface area (Å²) in [6.07, 6.45) is 0. The largest absolute Gasteiger partial charge is 0.278 e. The van der Waals surface area contributed by atoms with Crippen molar-refractivity contribution in [2.24, 2.45) is 0 Å². The highest BCUT2D eigenvalue weighted by atomic mass is 32.1. The van der Waals surface area contributed by atoms with E-state index >= 15 is 0 Å². The zero-order chi connectivity index (χ0) is 26.6. The zero-order valence-corrected chi connectivity index (χ0v) is 21.9. The van der Waals surface area contributed by atoms with Crippen LogP contribution >= 0.6 is 11.3 Å². The van der Waals surface area contributed by atoms with Crippen LogP contribution in [0.3, 0.4) is 0 Å². The quantitative estimate of drug-likeness (QED) is 0.230. The lowest BCUT2D eigenvalue weighted by atomic mass is 10.1. The molecule has 0 aliphatic carbocycles. The van der Waals surface area contributed by atoms with Crippen LogP contribution in [-0.4, -0.2) is 19.5 Å². The van der Waals surface area contributed by atoms with Crippen molar-refractivity contribution in [1.29, 1.82) is 5.26 Å². The first kappa shape index (κ1) is 22.6. The molecule has 186 valence electrons. The van der Waals surface area contributed by atoms with Crippen molar-refractivity contribution in [3.8, 4) is 34.8 Å². The Morgan fingerprint density at radius 2 is 1.27 bits per heavy atom. The summed E-state index contributed by atoms with van der Waals surface area (Å²) in [7, 11) is 0. The van der Waals surface area contributed by atoms with Gasteiger partial charge in [0.05, 0.1) is 22.7 Å². The first-order chi connectivity index (χ1) is 19.8. The molecule has 0 amide bonds. The summed E-state index contributed by atoms with van der Waals surface area (Å²) in [5.74, 6) is 1.64. The average molecular weight is 530 g/mol. The second-order valence-electron chi connectivity index (χ2n) is 9.66. The number of thiophene rings is 1. The smallest absolute Gasteiger partial charge is 0.238 e. The molecule has 0 N–H and O–H groups in total. The molecular formula is C34H19N5S. The Labute approximate surface area is 233 Å². The number of nitrogens with zero attached hydrogens (tertiary/aromatic N) is 5. The van der Waals surface area contributed by atoms with Gasteiger partial charge in [0.15, 0.2) is 11.6 Å². The molecule has 0 fully saturated rings. The molecule has 0 atom stereocenters. The van der Waals surface area contributed by atoms with Gasteiger partial charge in [-0.1, -0.05) is 78.9 Å². The summed E-state index contributed by atoms with van der Waals surface area (Å²) in [6.45, 7) is 0. The van der Waals surface area contributed by atoms with Gasteiger partial charge in [-0.2, -0.15) is 15.2 Å². The molecule has 5 aromatic carbocycles. The fourth-order valence-corrected chi connectivity index (χ4v) is 6.57. The summed E-state index contributed by atoms with van der Waals surface area (Å²) in [4.78, 5) is 14.9. The molecule has 5 nitrogen and oxygen atoms in total. The highest BCUT2D eigenvalue weighted by molar-refractivity contribution is 7.25. The Morgan fingerprint density at radius 1 is 0.550 bits per heavy atom. The summed E-state index contributed by atoms with van der Waals surface area (Å²) in [6, 6.07) is 41.1. The van der Waals surface area contributed by atoms with Gasteiger partial charge >= 0.3 is 0 Å². The topological polar surface area (TPSA) is 67.4 Å². The minimum absolute atomic E-state index is 0.522. The molecule has 0 radical (unpaired) electrons. The van der Waals surface area contributed by atoms with Crippen molar-refractivity contribution in [2.45, 2.75) is 0 Å². The van der Waals surface area contributed by atoms with E-state index in [0.29, 0.717) is 23.2 Å². The van der Waals surface area contributed by atoms with E-state index < -0.39 is 0 Å². The number of hydrogen-bond donors (Lipinski definition) is 0. The summed E-state index contributed by atoms with van der Waals surface area (Å²) >= 11 is 1.82. The molecule has 0 bridgehead atoms. The van der Waals surface area contributed by atoms with E-state index in [2.05, 4.69) is 65.2 Å². The van der Waals surface area contributed by atoms with Crippen LogP contribution in [0, 0.1) is 11.3 Å². The maximum atomic E-state index is 9.52. The van der Waals surface area contributed by atoms with Crippen LogP contribution in [0.1, 0.15) is 5.56 Å². The monoisotopic (exact) mass is 529 g/mol. The lowest BCUT2D eigenvalue weighted by Crippen LogP contribution is -2.06. The number of nitriles is 1. The highest BCUT2D eigenvalue weighted by Crippen LogP contribution is 2.40. The second kappa shape index (κ2) is 8.84. The van der Waals surface area contributed by atoms with Crippen molar-refractivity contribution in [2.75, 3.05) is 0 Å². The SMILES string of the molecule is N#Cc1cccc(-c2nc(-c3ccccc3)nc(-n3c4ccccc4c4cc5sc6ccccc6c5cc43)n2)c1. The van der Waals surface area contributed by atoms with Crippen LogP contribution in [0.25, 0.3) is 70.7 Å². The van der Waals surface area contributed by atoms with E-state index in [0.717, 1.165) is 32.9 Å². The molecule has 40 heavy (non-hydrogen) atoms. The Hall–Kier alpha value is -5.38. The fraction of sp³-hybridized carbons (Fsp3) is 0. The highest BCUT2D eigenvalue weighted by Gasteiger charge is 2.19. The minimum atomic E-state index is 0.522. The molecule has 8 aromatic rings. The lowest BCUT2D eigenvalue weighted by Gasteiger charge is -2.11. The van der Waals surface area contributed by atoms with Crippen LogP contribution in [0.4, 0.5) is 0 Å². The molecule has 0 saturated carbocycles. The van der Waals surface area contributed by atoms with E-state index in [4.69, 9.17) is 15.0 Å². The molecule has 8 rings (SSSR count). The number of hydrogen-bond acceptors (Lipinski definition) is 5. The van der Waals surface area contributed by atoms with Gasteiger partial charge in [0.1, 0.15) is 0 Å². The number of rotatable bonds is 3. The first-order valence-corrected chi connectivity index (χ1v) is 13.8. The van der Waals surface area contributed by atoms with Crippen molar-refractivity contribution in [1.82, 2.24) is 19.5 Å². The normalized spacial score (nSPS) is 11.5. The minimum Gasteiger partial charge on any atom is -0.278 e. The third-order valence-corrected chi connectivity index (χ3v) is 8.41. The van der Waals surface area contributed by atoms with Crippen LogP contribution < -0.4 is 0 Å². The van der Waals surface area contributed by atoms with Gasteiger partial charge < -0.3 is 0 Å². The Morgan fingerprint density at radius 3 is 2.12 bits per heavy atom. The van der Waals surface area contributed by atoms with Crippen LogP contribution in [0.5, 0.6) is 0 Å². The van der Waals surface area contributed by atoms with Gasteiger partial charge in [-0.05, 0) is 36.4 Å². The van der Waals surface area contributed by atoms with Crippen LogP contribution in [0.2, 0.25) is 0 Å². The van der Waals surface area contributed by atoms with Gasteiger partial charge in [-0.15, -0.1) is 11.3 Å². The fourth-order valence-electron chi connectivity index (χ4n) is 5.44. The first-order valence-electron chi connectivity index (χ1n) is 12.9. The average Bonchev–Trinajstić information content (AvgIpc) is 3.55. The van der Waals surface area contributed by atoms with Gasteiger partial charge in [-0.25, -0.2) is 4.98 Å². The Balaban J connectivity index is 1.48. The molecule has 6 heteroatoms. The van der Waals surface area contributed by atoms with Gasteiger partial charge in [-0.3, -0.25) is 4.57 Å². The van der Waals surface area contributed by atoms with Gasteiger partial charge in [0.25, 0.3) is 0 Å². The molecular weight excluding hydrogens is 510 g/mol. The molecule has 3 aromatic heterocycles. The molecule has 0 spiro atoms. The standard InChI is InChI=1S/C34H19N5S/c35-20-21-9-8-12-23(17-21)33-36-32(22-10-2-1-3-11-22)37-34(38-33)39-28-15-6-4-13-24(28)26-19-31-27(18-29(26)39)25-14-5-7-16-30(25)40-31/h1-19H. The molecule has 3 heterocycles. The van der Waals surface area contributed by atoms with E-state index in [1.54, 1.807) is 6.07 Å². The molecule has 0 aliphatic rings. The maximum Gasteiger partial charge on any atom is 0.238 e. The van der Waals surface area contributed by atoms with Crippen molar-refractivity contribution < 1.29 is 0 Å². The number of aromatic nitrogens is 4.